The van der Waals surface area contributed by atoms with Crippen molar-refractivity contribution in [2.24, 2.45) is 0 Å². The highest BCUT2D eigenvalue weighted by molar-refractivity contribution is 8.14. The van der Waals surface area contributed by atoms with Crippen LogP contribution in [0.3, 0.4) is 0 Å². The third-order valence-electron chi connectivity index (χ3n) is 2.99. The first-order chi connectivity index (χ1) is 8.48. The number of benzene rings is 1. The van der Waals surface area contributed by atoms with E-state index in [-0.39, 0.29) is 6.42 Å². The molecule has 1 atom stereocenters. The number of allylic oxidation sites excluding steroid dienone is 2. The molecule has 1 aromatic rings. The van der Waals surface area contributed by atoms with E-state index in [1.165, 1.54) is 13.2 Å². The van der Waals surface area contributed by atoms with E-state index >= 15 is 0 Å². The molecule has 5 heteroatoms. The van der Waals surface area contributed by atoms with Crippen molar-refractivity contribution in [3.8, 4) is 0 Å². The lowest BCUT2D eigenvalue weighted by molar-refractivity contribution is 0.105. The van der Waals surface area contributed by atoms with E-state index in [9.17, 15) is 8.42 Å². The highest BCUT2D eigenvalue weighted by Gasteiger charge is 2.41. The van der Waals surface area contributed by atoms with Gasteiger partial charge < -0.3 is 4.74 Å². The lowest BCUT2D eigenvalue weighted by Crippen LogP contribution is -2.36. The summed E-state index contributed by atoms with van der Waals surface area (Å²) in [6.07, 6.45) is 5.24. The molecule has 0 amide bonds. The van der Waals surface area contributed by atoms with Crippen molar-refractivity contribution in [2.45, 2.75) is 11.4 Å². The largest absolute Gasteiger partial charge is 0.357 e. The minimum atomic E-state index is -3.82. The SMILES string of the molecule is COC1(S(=O)(=O)Cl)C=CC(c2ccccc2)=CC1. The maximum absolute atomic E-state index is 11.5. The van der Waals surface area contributed by atoms with Crippen molar-refractivity contribution in [1.29, 1.82) is 0 Å². The zero-order chi connectivity index (χ0) is 13.2. The Bertz CT molecular complexity index is 590. The topological polar surface area (TPSA) is 43.4 Å². The van der Waals surface area contributed by atoms with Gasteiger partial charge in [-0.15, -0.1) is 0 Å². The third-order valence-corrected chi connectivity index (χ3v) is 5.07. The zero-order valence-corrected chi connectivity index (χ0v) is 11.4. The first-order valence-electron chi connectivity index (χ1n) is 5.43. The Kier molecular flexibility index (Phi) is 3.61. The monoisotopic (exact) mass is 284 g/mol. The molecule has 0 radical (unpaired) electrons. The van der Waals surface area contributed by atoms with Crippen molar-refractivity contribution in [3.05, 3.63) is 54.1 Å². The summed E-state index contributed by atoms with van der Waals surface area (Å²) in [7, 11) is 2.94. The molecule has 1 aromatic carbocycles. The van der Waals surface area contributed by atoms with Gasteiger partial charge in [-0.2, -0.15) is 0 Å². The van der Waals surface area contributed by atoms with Gasteiger partial charge in [0.05, 0.1) is 0 Å². The Morgan fingerprint density at radius 1 is 1.28 bits per heavy atom. The summed E-state index contributed by atoms with van der Waals surface area (Å²) in [4.78, 5) is -1.45. The van der Waals surface area contributed by atoms with Crippen LogP contribution in [0.5, 0.6) is 0 Å². The Morgan fingerprint density at radius 3 is 2.39 bits per heavy atom. The molecule has 1 unspecified atom stereocenters. The second kappa shape index (κ2) is 4.88. The molecule has 0 aliphatic heterocycles. The van der Waals surface area contributed by atoms with Crippen LogP contribution < -0.4 is 0 Å². The second-order valence-corrected chi connectivity index (χ2v) is 6.80. The third kappa shape index (κ3) is 2.36. The first-order valence-corrected chi connectivity index (χ1v) is 7.74. The predicted octanol–water partition coefficient (Wildman–Crippen LogP) is 2.94. The van der Waals surface area contributed by atoms with Crippen LogP contribution in [0, 0.1) is 0 Å². The van der Waals surface area contributed by atoms with Crippen LogP contribution in [0.2, 0.25) is 0 Å². The molecular weight excluding hydrogens is 272 g/mol. The fraction of sp³-hybridized carbons (Fsp3) is 0.231. The highest BCUT2D eigenvalue weighted by Crippen LogP contribution is 2.35. The molecular formula is C13H13ClO3S. The lowest BCUT2D eigenvalue weighted by Gasteiger charge is -2.27. The molecule has 96 valence electrons. The Labute approximate surface area is 111 Å². The van der Waals surface area contributed by atoms with Gasteiger partial charge in [-0.25, -0.2) is 8.42 Å². The molecule has 0 spiro atoms. The van der Waals surface area contributed by atoms with Crippen LogP contribution in [-0.4, -0.2) is 20.5 Å². The van der Waals surface area contributed by atoms with Crippen molar-refractivity contribution in [1.82, 2.24) is 0 Å². The van der Waals surface area contributed by atoms with E-state index < -0.39 is 14.0 Å². The second-order valence-electron chi connectivity index (χ2n) is 4.02. The minimum absolute atomic E-state index is 0.204. The molecule has 0 aromatic heterocycles. The van der Waals surface area contributed by atoms with E-state index in [1.54, 1.807) is 6.08 Å². The zero-order valence-electron chi connectivity index (χ0n) is 9.84. The van der Waals surface area contributed by atoms with Crippen molar-refractivity contribution >= 4 is 25.3 Å². The van der Waals surface area contributed by atoms with Gasteiger partial charge in [0, 0.05) is 24.2 Å². The quantitative estimate of drug-likeness (QED) is 0.802. The lowest BCUT2D eigenvalue weighted by atomic mass is 9.98. The van der Waals surface area contributed by atoms with Crippen LogP contribution in [0.25, 0.3) is 5.57 Å². The molecule has 1 aliphatic carbocycles. The summed E-state index contributed by atoms with van der Waals surface area (Å²) in [6.45, 7) is 0. The minimum Gasteiger partial charge on any atom is -0.357 e. The van der Waals surface area contributed by atoms with Gasteiger partial charge in [0.25, 0.3) is 9.05 Å². The highest BCUT2D eigenvalue weighted by atomic mass is 35.7. The molecule has 2 rings (SSSR count). The summed E-state index contributed by atoms with van der Waals surface area (Å²) in [6, 6.07) is 9.72. The molecule has 0 saturated carbocycles. The summed E-state index contributed by atoms with van der Waals surface area (Å²) >= 11 is 0. The van der Waals surface area contributed by atoms with E-state index in [0.717, 1.165) is 11.1 Å². The van der Waals surface area contributed by atoms with Gasteiger partial charge in [-0.3, -0.25) is 0 Å². The molecule has 0 fully saturated rings. The van der Waals surface area contributed by atoms with Gasteiger partial charge in [-0.1, -0.05) is 42.5 Å². The van der Waals surface area contributed by atoms with Gasteiger partial charge in [0.2, 0.25) is 4.93 Å². The smallest absolute Gasteiger partial charge is 0.266 e. The molecule has 18 heavy (non-hydrogen) atoms. The van der Waals surface area contributed by atoms with Gasteiger partial charge >= 0.3 is 0 Å². The molecule has 0 saturated heterocycles. The molecule has 0 heterocycles. The molecule has 3 nitrogen and oxygen atoms in total. The Balaban J connectivity index is 2.32. The van der Waals surface area contributed by atoms with E-state index in [1.807, 2.05) is 36.4 Å². The van der Waals surface area contributed by atoms with Crippen LogP contribution in [0.1, 0.15) is 12.0 Å². The fourth-order valence-electron chi connectivity index (χ4n) is 1.88. The Hall–Kier alpha value is -1.10. The number of ether oxygens (including phenoxy) is 1. The molecule has 0 N–H and O–H groups in total. The standard InChI is InChI=1S/C13H13ClO3S/c1-17-13(18(14,15)16)9-7-12(8-10-13)11-5-3-2-4-6-11/h2-9H,10H2,1H3. The summed E-state index contributed by atoms with van der Waals surface area (Å²) in [5.41, 5.74) is 1.99. The Morgan fingerprint density at radius 2 is 1.94 bits per heavy atom. The van der Waals surface area contributed by atoms with Crippen LogP contribution in [0.4, 0.5) is 0 Å². The maximum Gasteiger partial charge on any atom is 0.266 e. The van der Waals surface area contributed by atoms with Crippen LogP contribution in [0.15, 0.2) is 48.6 Å². The number of rotatable bonds is 3. The average molecular weight is 285 g/mol. The van der Waals surface area contributed by atoms with E-state index in [4.69, 9.17) is 15.4 Å². The van der Waals surface area contributed by atoms with E-state index in [2.05, 4.69) is 0 Å². The summed E-state index contributed by atoms with van der Waals surface area (Å²) in [5.74, 6) is 0. The number of halogens is 1. The first kappa shape index (κ1) is 13.3. The number of methoxy groups -OCH3 is 1. The fourth-order valence-corrected chi connectivity index (χ4v) is 3.13. The maximum atomic E-state index is 11.5. The van der Waals surface area contributed by atoms with Crippen LogP contribution in [-0.2, 0) is 13.8 Å². The molecule has 0 bridgehead atoms. The van der Waals surface area contributed by atoms with Gasteiger partial charge in [-0.05, 0) is 17.2 Å². The van der Waals surface area contributed by atoms with Crippen molar-refractivity contribution in [3.63, 3.8) is 0 Å². The predicted molar refractivity (Wildman–Crippen MR) is 72.7 cm³/mol. The molecule has 1 aliphatic rings. The summed E-state index contributed by atoms with van der Waals surface area (Å²) < 4.78 is 28.2. The van der Waals surface area contributed by atoms with Gasteiger partial charge in [0.15, 0.2) is 0 Å². The summed E-state index contributed by atoms with van der Waals surface area (Å²) in [5, 5.41) is 0. The number of hydrogen-bond donors (Lipinski definition) is 0. The average Bonchev–Trinajstić information content (AvgIpc) is 2.38. The van der Waals surface area contributed by atoms with Crippen LogP contribution >= 0.6 is 10.7 Å². The number of hydrogen-bond acceptors (Lipinski definition) is 3. The van der Waals surface area contributed by atoms with Crippen molar-refractivity contribution < 1.29 is 13.2 Å². The normalized spacial score (nSPS) is 23.8. The van der Waals surface area contributed by atoms with Gasteiger partial charge in [0.1, 0.15) is 0 Å². The van der Waals surface area contributed by atoms with Crippen molar-refractivity contribution in [2.75, 3.05) is 7.11 Å². The van der Waals surface area contributed by atoms with E-state index in [0.29, 0.717) is 0 Å².